The van der Waals surface area contributed by atoms with Crippen molar-refractivity contribution in [3.8, 4) is 0 Å². The van der Waals surface area contributed by atoms with Crippen molar-refractivity contribution in [3.63, 3.8) is 0 Å². The molecule has 3 nitrogen and oxygen atoms in total. The van der Waals surface area contributed by atoms with Crippen molar-refractivity contribution in [2.75, 3.05) is 11.1 Å². The maximum absolute atomic E-state index is 11.8. The number of nitrogens with two attached hydrogens (primary N) is 1. The number of hydrogen-bond acceptors (Lipinski definition) is 2. The second-order valence-corrected chi connectivity index (χ2v) is 5.69. The van der Waals surface area contributed by atoms with E-state index in [9.17, 15) is 13.6 Å². The summed E-state index contributed by atoms with van der Waals surface area (Å²) in [5.74, 6) is -1.29. The van der Waals surface area contributed by atoms with Crippen LogP contribution < -0.4 is 11.1 Å². The predicted octanol–water partition coefficient (Wildman–Crippen LogP) is 4.68. The lowest BCUT2D eigenvalue weighted by molar-refractivity contribution is -0.126. The molecule has 0 bridgehead atoms. The maximum atomic E-state index is 11.8. The zero-order valence-electron chi connectivity index (χ0n) is 10.7. The van der Waals surface area contributed by atoms with Gasteiger partial charge in [-0.25, -0.2) is 0 Å². The van der Waals surface area contributed by atoms with Crippen LogP contribution in [0, 0.1) is 0 Å². The number of hydrogen-bond donors (Lipinski definition) is 2. The molecule has 0 spiro atoms. The molecule has 2 aromatic carbocycles. The molecule has 0 radical (unpaired) electrons. The Bertz CT molecular complexity index is 592. The van der Waals surface area contributed by atoms with E-state index in [-0.39, 0.29) is 0 Å². The second kappa shape index (κ2) is 8.74. The third kappa shape index (κ3) is 7.19. The van der Waals surface area contributed by atoms with Crippen molar-refractivity contribution in [1.29, 1.82) is 0 Å². The standard InChI is InChI=1S/C8H6BrF2NO.C6H6BrN/c9-5-2-1-3-6(4-5)12-8(13)7(10)11;7-5-2-1-3-6(8)4-5/h1-4,7H,(H,12,13);1-4H,8H2. The van der Waals surface area contributed by atoms with Gasteiger partial charge in [-0.2, -0.15) is 8.78 Å². The van der Waals surface area contributed by atoms with Gasteiger partial charge in [-0.3, -0.25) is 4.79 Å². The Hall–Kier alpha value is -1.47. The SMILES string of the molecule is Nc1cccc(Br)c1.O=C(Nc1cccc(Br)c1)C(F)F. The lowest BCUT2D eigenvalue weighted by atomic mass is 10.3. The van der Waals surface area contributed by atoms with Crippen LogP contribution in [0.4, 0.5) is 20.2 Å². The van der Waals surface area contributed by atoms with Gasteiger partial charge in [0.15, 0.2) is 0 Å². The molecule has 0 heterocycles. The lowest BCUT2D eigenvalue weighted by Gasteiger charge is -2.03. The second-order valence-electron chi connectivity index (χ2n) is 3.86. The summed E-state index contributed by atoms with van der Waals surface area (Å²) in [4.78, 5) is 10.5. The number of amides is 1. The molecule has 1 amide bonds. The molecule has 21 heavy (non-hydrogen) atoms. The molecule has 112 valence electrons. The third-order valence-corrected chi connectivity index (χ3v) is 3.13. The van der Waals surface area contributed by atoms with Gasteiger partial charge in [0.05, 0.1) is 0 Å². The molecule has 0 aliphatic heterocycles. The normalized spacial score (nSPS) is 9.76. The van der Waals surface area contributed by atoms with Crippen molar-refractivity contribution in [3.05, 3.63) is 57.5 Å². The predicted molar refractivity (Wildman–Crippen MR) is 87.3 cm³/mol. The minimum absolute atomic E-state index is 0.347. The number of carbonyl (C=O) groups is 1. The minimum atomic E-state index is -2.99. The highest BCUT2D eigenvalue weighted by Crippen LogP contribution is 2.16. The Morgan fingerprint density at radius 2 is 1.62 bits per heavy atom. The average Bonchev–Trinajstić information content (AvgIpc) is 2.39. The number of rotatable bonds is 2. The summed E-state index contributed by atoms with van der Waals surface area (Å²) in [6, 6.07) is 14.0. The Morgan fingerprint density at radius 3 is 2.05 bits per heavy atom. The van der Waals surface area contributed by atoms with Crippen molar-refractivity contribution in [2.45, 2.75) is 6.43 Å². The van der Waals surface area contributed by atoms with E-state index in [1.165, 1.54) is 6.07 Å². The fourth-order valence-electron chi connectivity index (χ4n) is 1.27. The Balaban J connectivity index is 0.000000235. The molecule has 0 aliphatic carbocycles. The van der Waals surface area contributed by atoms with E-state index in [4.69, 9.17) is 5.73 Å². The van der Waals surface area contributed by atoms with Crippen LogP contribution in [0.5, 0.6) is 0 Å². The molecule has 7 heteroatoms. The first kappa shape index (κ1) is 17.6. The van der Waals surface area contributed by atoms with Crippen LogP contribution in [-0.2, 0) is 4.79 Å². The smallest absolute Gasteiger partial charge is 0.315 e. The number of nitrogen functional groups attached to an aromatic ring is 1. The molecule has 0 atom stereocenters. The quantitative estimate of drug-likeness (QED) is 0.691. The number of anilines is 2. The summed E-state index contributed by atoms with van der Waals surface area (Å²) < 4.78 is 25.3. The third-order valence-electron chi connectivity index (χ3n) is 2.14. The van der Waals surface area contributed by atoms with Crippen LogP contribution in [0.2, 0.25) is 0 Å². The van der Waals surface area contributed by atoms with Crippen molar-refractivity contribution >= 4 is 49.1 Å². The zero-order valence-corrected chi connectivity index (χ0v) is 13.9. The van der Waals surface area contributed by atoms with E-state index in [0.717, 1.165) is 14.6 Å². The van der Waals surface area contributed by atoms with E-state index in [1.54, 1.807) is 18.2 Å². The molecular weight excluding hydrogens is 410 g/mol. The maximum Gasteiger partial charge on any atom is 0.315 e. The Labute approximate surface area is 137 Å². The van der Waals surface area contributed by atoms with E-state index in [1.807, 2.05) is 24.3 Å². The van der Waals surface area contributed by atoms with Gasteiger partial charge in [-0.05, 0) is 36.4 Å². The largest absolute Gasteiger partial charge is 0.399 e. The van der Waals surface area contributed by atoms with Gasteiger partial charge in [0.25, 0.3) is 5.91 Å². The molecule has 0 aromatic heterocycles. The number of benzene rings is 2. The molecule has 0 saturated carbocycles. The van der Waals surface area contributed by atoms with E-state index >= 15 is 0 Å². The van der Waals surface area contributed by atoms with Gasteiger partial charge in [-0.15, -0.1) is 0 Å². The van der Waals surface area contributed by atoms with Crippen LogP contribution in [0.25, 0.3) is 0 Å². The summed E-state index contributed by atoms with van der Waals surface area (Å²) >= 11 is 6.43. The molecule has 2 aromatic rings. The number of alkyl halides is 2. The molecule has 0 saturated heterocycles. The highest BCUT2D eigenvalue weighted by molar-refractivity contribution is 9.10. The van der Waals surface area contributed by atoms with Crippen molar-refractivity contribution in [1.82, 2.24) is 0 Å². The summed E-state index contributed by atoms with van der Waals surface area (Å²) in [6.07, 6.45) is -2.99. The first-order valence-corrected chi connectivity index (χ1v) is 7.32. The van der Waals surface area contributed by atoms with E-state index in [0.29, 0.717) is 5.69 Å². The molecule has 3 N–H and O–H groups in total. The molecule has 2 rings (SSSR count). The summed E-state index contributed by atoms with van der Waals surface area (Å²) in [5, 5.41) is 2.06. The van der Waals surface area contributed by atoms with Gasteiger partial charge >= 0.3 is 6.43 Å². The van der Waals surface area contributed by atoms with E-state index < -0.39 is 12.3 Å². The van der Waals surface area contributed by atoms with Crippen molar-refractivity contribution in [2.24, 2.45) is 0 Å². The number of nitrogens with one attached hydrogen (secondary N) is 1. The van der Waals surface area contributed by atoms with Gasteiger partial charge < -0.3 is 11.1 Å². The highest BCUT2D eigenvalue weighted by atomic mass is 79.9. The summed E-state index contributed by atoms with van der Waals surface area (Å²) in [7, 11) is 0. The van der Waals surface area contributed by atoms with Crippen LogP contribution in [0.15, 0.2) is 57.5 Å². The van der Waals surface area contributed by atoms with Crippen LogP contribution in [-0.4, -0.2) is 12.3 Å². The molecule has 0 fully saturated rings. The number of halogens is 4. The van der Waals surface area contributed by atoms with Gasteiger partial charge in [-0.1, -0.05) is 44.0 Å². The topological polar surface area (TPSA) is 55.1 Å². The van der Waals surface area contributed by atoms with Crippen LogP contribution in [0.1, 0.15) is 0 Å². The van der Waals surface area contributed by atoms with E-state index in [2.05, 4.69) is 37.2 Å². The zero-order chi connectivity index (χ0) is 15.8. The van der Waals surface area contributed by atoms with Crippen LogP contribution >= 0.6 is 31.9 Å². The summed E-state index contributed by atoms with van der Waals surface area (Å²) in [5.41, 5.74) is 6.57. The highest BCUT2D eigenvalue weighted by Gasteiger charge is 2.14. The average molecular weight is 422 g/mol. The lowest BCUT2D eigenvalue weighted by Crippen LogP contribution is -2.19. The Kier molecular flexibility index (Phi) is 7.31. The van der Waals surface area contributed by atoms with Crippen molar-refractivity contribution < 1.29 is 13.6 Å². The monoisotopic (exact) mass is 420 g/mol. The van der Waals surface area contributed by atoms with Gasteiger partial charge in [0.1, 0.15) is 0 Å². The Morgan fingerprint density at radius 1 is 1.05 bits per heavy atom. The van der Waals surface area contributed by atoms with Gasteiger partial charge in [0, 0.05) is 20.3 Å². The molecular formula is C14H12Br2F2N2O. The number of carbonyl (C=O) groups excluding carboxylic acids is 1. The fourth-order valence-corrected chi connectivity index (χ4v) is 2.09. The van der Waals surface area contributed by atoms with Gasteiger partial charge in [0.2, 0.25) is 0 Å². The first-order valence-electron chi connectivity index (χ1n) is 5.74. The fraction of sp³-hybridized carbons (Fsp3) is 0.0714. The molecule has 0 unspecified atom stereocenters. The summed E-state index contributed by atoms with van der Waals surface area (Å²) in [6.45, 7) is 0. The minimum Gasteiger partial charge on any atom is -0.399 e. The van der Waals surface area contributed by atoms with Crippen LogP contribution in [0.3, 0.4) is 0 Å². The molecule has 0 aliphatic rings. The first-order chi connectivity index (χ1) is 9.88.